The molecule has 4 rings (SSSR count). The third-order valence-corrected chi connectivity index (χ3v) is 7.23. The lowest BCUT2D eigenvalue weighted by Gasteiger charge is -2.38. The molecule has 2 atom stereocenters. The van der Waals surface area contributed by atoms with E-state index in [0.29, 0.717) is 23.8 Å². The molecule has 0 radical (unpaired) electrons. The number of fused-ring (bicyclic) bond motifs is 3. The molecule has 3 aliphatic carbocycles. The van der Waals surface area contributed by atoms with Gasteiger partial charge in [0.05, 0.1) is 5.75 Å². The SMILES string of the molecule is O=C(O)CCCC=CC1CC2CCC1=C(NS(=O)(=O)CCc1cccc(Cl)c1)C2. The van der Waals surface area contributed by atoms with Crippen LogP contribution in [0.1, 0.15) is 50.5 Å². The second kappa shape index (κ2) is 9.81. The summed E-state index contributed by atoms with van der Waals surface area (Å²) in [5, 5.41) is 9.33. The molecule has 7 heteroatoms. The molecule has 5 nitrogen and oxygen atoms in total. The van der Waals surface area contributed by atoms with Crippen LogP contribution in [0.5, 0.6) is 0 Å². The monoisotopic (exact) mass is 437 g/mol. The van der Waals surface area contributed by atoms with E-state index in [4.69, 9.17) is 16.7 Å². The number of hydrogen-bond acceptors (Lipinski definition) is 3. The average molecular weight is 438 g/mol. The normalized spacial score (nSPS) is 21.7. The van der Waals surface area contributed by atoms with Crippen molar-refractivity contribution in [2.45, 2.75) is 51.4 Å². The molecule has 2 N–H and O–H groups in total. The number of aryl methyl sites for hydroxylation is 1. The van der Waals surface area contributed by atoms with Gasteiger partial charge in [0.15, 0.2) is 0 Å². The summed E-state index contributed by atoms with van der Waals surface area (Å²) in [7, 11) is -3.42. The van der Waals surface area contributed by atoms with E-state index in [1.54, 1.807) is 12.1 Å². The second-order valence-corrected chi connectivity index (χ2v) is 10.2. The van der Waals surface area contributed by atoms with Crippen LogP contribution in [-0.4, -0.2) is 25.2 Å². The number of carboxylic acids is 1. The zero-order valence-corrected chi connectivity index (χ0v) is 18.0. The van der Waals surface area contributed by atoms with Crippen molar-refractivity contribution in [2.75, 3.05) is 5.75 Å². The Bertz CT molecular complexity index is 907. The molecule has 3 aliphatic rings. The molecule has 158 valence electrons. The summed E-state index contributed by atoms with van der Waals surface area (Å²) in [4.78, 5) is 10.6. The number of allylic oxidation sites excluding steroid dienone is 4. The van der Waals surface area contributed by atoms with Gasteiger partial charge in [-0.05, 0) is 80.1 Å². The smallest absolute Gasteiger partial charge is 0.303 e. The van der Waals surface area contributed by atoms with Gasteiger partial charge in [0.25, 0.3) is 0 Å². The predicted molar refractivity (Wildman–Crippen MR) is 115 cm³/mol. The Hall–Kier alpha value is -1.79. The van der Waals surface area contributed by atoms with E-state index in [2.05, 4.69) is 10.8 Å². The molecular weight excluding hydrogens is 410 g/mol. The summed E-state index contributed by atoms with van der Waals surface area (Å²) >= 11 is 5.98. The summed E-state index contributed by atoms with van der Waals surface area (Å²) in [6, 6.07) is 7.29. The summed E-state index contributed by atoms with van der Waals surface area (Å²) < 4.78 is 28.2. The summed E-state index contributed by atoms with van der Waals surface area (Å²) in [6.45, 7) is 0. The number of rotatable bonds is 10. The highest BCUT2D eigenvalue weighted by Gasteiger charge is 2.34. The van der Waals surface area contributed by atoms with Crippen LogP contribution in [0.15, 0.2) is 47.7 Å². The van der Waals surface area contributed by atoms with Gasteiger partial charge in [-0.3, -0.25) is 9.52 Å². The van der Waals surface area contributed by atoms with Crippen LogP contribution in [0.3, 0.4) is 0 Å². The van der Waals surface area contributed by atoms with E-state index in [-0.39, 0.29) is 18.1 Å². The lowest BCUT2D eigenvalue weighted by atomic mass is 9.69. The number of unbranched alkanes of at least 4 members (excludes halogenated alkanes) is 1. The summed E-state index contributed by atoms with van der Waals surface area (Å²) in [6.07, 6.45) is 10.1. The van der Waals surface area contributed by atoms with Crippen LogP contribution in [-0.2, 0) is 21.2 Å². The maximum Gasteiger partial charge on any atom is 0.303 e. The zero-order valence-electron chi connectivity index (χ0n) is 16.4. The Morgan fingerprint density at radius 3 is 2.90 bits per heavy atom. The highest BCUT2D eigenvalue weighted by Crippen LogP contribution is 2.44. The van der Waals surface area contributed by atoms with Gasteiger partial charge in [-0.2, -0.15) is 0 Å². The lowest BCUT2D eigenvalue weighted by molar-refractivity contribution is -0.137. The van der Waals surface area contributed by atoms with Crippen molar-refractivity contribution in [1.82, 2.24) is 4.72 Å². The van der Waals surface area contributed by atoms with Crippen molar-refractivity contribution in [3.8, 4) is 0 Å². The molecule has 0 aromatic heterocycles. The van der Waals surface area contributed by atoms with Crippen LogP contribution >= 0.6 is 11.6 Å². The third-order valence-electron chi connectivity index (χ3n) is 5.69. The van der Waals surface area contributed by atoms with E-state index in [1.165, 1.54) is 5.57 Å². The predicted octanol–water partition coefficient (Wildman–Crippen LogP) is 4.69. The quantitative estimate of drug-likeness (QED) is 0.411. The number of nitrogens with one attached hydrogen (secondary N) is 1. The van der Waals surface area contributed by atoms with Crippen molar-refractivity contribution in [3.63, 3.8) is 0 Å². The molecule has 0 aliphatic heterocycles. The van der Waals surface area contributed by atoms with Crippen LogP contribution < -0.4 is 4.72 Å². The highest BCUT2D eigenvalue weighted by atomic mass is 35.5. The van der Waals surface area contributed by atoms with Gasteiger partial charge in [-0.1, -0.05) is 35.9 Å². The minimum absolute atomic E-state index is 0.0322. The molecule has 0 amide bonds. The van der Waals surface area contributed by atoms with Gasteiger partial charge in [-0.15, -0.1) is 0 Å². The molecule has 1 aromatic rings. The Balaban J connectivity index is 1.61. The van der Waals surface area contributed by atoms with Gasteiger partial charge in [0.1, 0.15) is 0 Å². The number of aliphatic carboxylic acids is 1. The van der Waals surface area contributed by atoms with Crippen molar-refractivity contribution in [2.24, 2.45) is 11.8 Å². The van der Waals surface area contributed by atoms with Crippen molar-refractivity contribution in [1.29, 1.82) is 0 Å². The Morgan fingerprint density at radius 1 is 1.34 bits per heavy atom. The first kappa shape index (κ1) is 21.9. The Kier molecular flexibility index (Phi) is 7.41. The Morgan fingerprint density at radius 2 is 2.17 bits per heavy atom. The summed E-state index contributed by atoms with van der Waals surface area (Å²) in [5.74, 6) is 0.0295. The number of hydrogen-bond donors (Lipinski definition) is 2. The standard InChI is InChI=1S/C22H28ClNO4S/c23-19-7-4-5-16(14-19)11-12-29(27,28)24-21-15-17-9-10-20(21)18(13-17)6-2-1-3-8-22(25)26/h2,4-7,14,17-18,24H,1,3,8-13,15H2,(H,25,26). The molecule has 0 heterocycles. The minimum atomic E-state index is -3.42. The van der Waals surface area contributed by atoms with E-state index < -0.39 is 16.0 Å². The Labute approximate surface area is 177 Å². The molecule has 2 bridgehead atoms. The molecular formula is C22H28ClNO4S. The van der Waals surface area contributed by atoms with Gasteiger partial charge < -0.3 is 5.11 Å². The van der Waals surface area contributed by atoms with Crippen molar-refractivity contribution < 1.29 is 18.3 Å². The van der Waals surface area contributed by atoms with Crippen molar-refractivity contribution >= 4 is 27.6 Å². The van der Waals surface area contributed by atoms with Gasteiger partial charge in [0.2, 0.25) is 10.0 Å². The fraction of sp³-hybridized carbons (Fsp3) is 0.500. The first-order valence-corrected chi connectivity index (χ1v) is 12.2. The van der Waals surface area contributed by atoms with E-state index in [1.807, 2.05) is 18.2 Å². The minimum Gasteiger partial charge on any atom is -0.481 e. The lowest BCUT2D eigenvalue weighted by Crippen LogP contribution is -2.35. The van der Waals surface area contributed by atoms with E-state index >= 15 is 0 Å². The number of sulfonamides is 1. The first-order valence-electron chi connectivity index (χ1n) is 10.2. The molecule has 0 saturated heterocycles. The van der Waals surface area contributed by atoms with Gasteiger partial charge in [0, 0.05) is 17.1 Å². The summed E-state index contributed by atoms with van der Waals surface area (Å²) in [5.41, 5.74) is 2.99. The molecule has 1 fully saturated rings. The number of benzene rings is 1. The fourth-order valence-corrected chi connectivity index (χ4v) is 5.67. The molecule has 2 unspecified atom stereocenters. The highest BCUT2D eigenvalue weighted by molar-refractivity contribution is 7.89. The van der Waals surface area contributed by atoms with Crippen LogP contribution in [0.2, 0.25) is 5.02 Å². The average Bonchev–Trinajstić information content (AvgIpc) is 2.66. The molecule has 1 saturated carbocycles. The van der Waals surface area contributed by atoms with Crippen LogP contribution in [0, 0.1) is 11.8 Å². The van der Waals surface area contributed by atoms with E-state index in [0.717, 1.165) is 43.4 Å². The molecule has 1 aromatic carbocycles. The second-order valence-electron chi connectivity index (χ2n) is 7.97. The number of halogens is 1. The van der Waals surface area contributed by atoms with Gasteiger partial charge in [-0.25, -0.2) is 8.42 Å². The zero-order chi connectivity index (χ0) is 20.9. The topological polar surface area (TPSA) is 83.5 Å². The fourth-order valence-electron chi connectivity index (χ4n) is 4.26. The van der Waals surface area contributed by atoms with Crippen LogP contribution in [0.25, 0.3) is 0 Å². The first-order chi connectivity index (χ1) is 13.8. The number of carboxylic acid groups (broad SMARTS) is 1. The van der Waals surface area contributed by atoms with E-state index in [9.17, 15) is 13.2 Å². The largest absolute Gasteiger partial charge is 0.481 e. The maximum absolute atomic E-state index is 12.7. The number of carbonyl (C=O) groups is 1. The molecule has 0 spiro atoms. The molecule has 29 heavy (non-hydrogen) atoms. The van der Waals surface area contributed by atoms with Crippen molar-refractivity contribution in [3.05, 3.63) is 58.3 Å². The maximum atomic E-state index is 12.7. The van der Waals surface area contributed by atoms with Crippen LogP contribution in [0.4, 0.5) is 0 Å². The third kappa shape index (κ3) is 6.61. The van der Waals surface area contributed by atoms with Gasteiger partial charge >= 0.3 is 5.97 Å².